The third kappa shape index (κ3) is 5.02. The summed E-state index contributed by atoms with van der Waals surface area (Å²) in [7, 11) is 3.58. The van der Waals surface area contributed by atoms with Crippen molar-refractivity contribution in [3.63, 3.8) is 0 Å². The molecule has 0 saturated carbocycles. The number of ether oxygens (including phenoxy) is 1. The van der Waals surface area contributed by atoms with Gasteiger partial charge in [-0.05, 0) is 7.05 Å². The molecule has 0 amide bonds. The van der Waals surface area contributed by atoms with E-state index in [2.05, 4.69) is 36.0 Å². The predicted octanol–water partition coefficient (Wildman–Crippen LogP) is 1.88. The zero-order chi connectivity index (χ0) is 13.8. The smallest absolute Gasteiger partial charge is 0.0982 e. The number of likely N-dealkylation sites (N-methyl/N-ethyl adjacent to an activating group) is 1. The molecule has 1 aromatic heterocycles. The van der Waals surface area contributed by atoms with E-state index < -0.39 is 6.10 Å². The summed E-state index contributed by atoms with van der Waals surface area (Å²) in [5.74, 6) is 0. The molecule has 104 valence electrons. The molecular weight excluding hydrogens is 248 g/mol. The Labute approximate surface area is 114 Å². The second-order valence-corrected chi connectivity index (χ2v) is 6.56. The third-order valence-corrected chi connectivity index (χ3v) is 3.82. The van der Waals surface area contributed by atoms with Crippen LogP contribution in [0.5, 0.6) is 0 Å². The van der Waals surface area contributed by atoms with Crippen LogP contribution in [0.4, 0.5) is 0 Å². The number of aliphatic hydroxyl groups excluding tert-OH is 1. The van der Waals surface area contributed by atoms with Crippen molar-refractivity contribution < 1.29 is 9.84 Å². The first-order chi connectivity index (χ1) is 8.32. The van der Waals surface area contributed by atoms with Gasteiger partial charge in [0.2, 0.25) is 0 Å². The minimum absolute atomic E-state index is 0.108. The second-order valence-electron chi connectivity index (χ2n) is 5.70. The van der Waals surface area contributed by atoms with Gasteiger partial charge in [-0.1, -0.05) is 20.8 Å². The topological polar surface area (TPSA) is 45.6 Å². The maximum Gasteiger partial charge on any atom is 0.0982 e. The average molecular weight is 272 g/mol. The summed E-state index contributed by atoms with van der Waals surface area (Å²) >= 11 is 1.70. The zero-order valence-electron chi connectivity index (χ0n) is 11.9. The summed E-state index contributed by atoms with van der Waals surface area (Å²) in [4.78, 5) is 6.70. The molecule has 0 saturated heterocycles. The molecule has 1 atom stereocenters. The third-order valence-electron chi connectivity index (χ3n) is 2.51. The fourth-order valence-electron chi connectivity index (χ4n) is 1.67. The largest absolute Gasteiger partial charge is 0.389 e. The summed E-state index contributed by atoms with van der Waals surface area (Å²) < 4.78 is 4.91. The molecule has 0 bridgehead atoms. The quantitative estimate of drug-likeness (QED) is 0.859. The Balaban J connectivity index is 2.49. The normalized spacial score (nSPS) is 14.2. The number of aromatic nitrogens is 1. The Bertz CT molecular complexity index is 360. The maximum atomic E-state index is 9.65. The molecule has 0 aliphatic rings. The van der Waals surface area contributed by atoms with Gasteiger partial charge in [0.1, 0.15) is 0 Å². The van der Waals surface area contributed by atoms with Crippen LogP contribution in [0.2, 0.25) is 0 Å². The van der Waals surface area contributed by atoms with E-state index in [1.807, 2.05) is 7.05 Å². The van der Waals surface area contributed by atoms with Crippen molar-refractivity contribution in [2.45, 2.75) is 38.8 Å². The monoisotopic (exact) mass is 272 g/mol. The number of methoxy groups -OCH3 is 1. The molecule has 0 aliphatic heterocycles. The van der Waals surface area contributed by atoms with Crippen molar-refractivity contribution in [2.24, 2.45) is 0 Å². The van der Waals surface area contributed by atoms with Gasteiger partial charge >= 0.3 is 0 Å². The summed E-state index contributed by atoms with van der Waals surface area (Å²) in [6.07, 6.45) is -0.444. The second kappa shape index (κ2) is 6.61. The van der Waals surface area contributed by atoms with Gasteiger partial charge in [0.25, 0.3) is 0 Å². The molecule has 5 heteroatoms. The first-order valence-corrected chi connectivity index (χ1v) is 7.01. The van der Waals surface area contributed by atoms with Crippen molar-refractivity contribution in [1.82, 2.24) is 9.88 Å². The Morgan fingerprint density at radius 1 is 1.50 bits per heavy atom. The van der Waals surface area contributed by atoms with Crippen LogP contribution in [-0.2, 0) is 16.7 Å². The summed E-state index contributed by atoms with van der Waals surface area (Å²) in [5, 5.41) is 12.9. The van der Waals surface area contributed by atoms with Gasteiger partial charge in [-0.15, -0.1) is 11.3 Å². The van der Waals surface area contributed by atoms with Crippen molar-refractivity contribution in [1.29, 1.82) is 0 Å². The molecule has 0 radical (unpaired) electrons. The van der Waals surface area contributed by atoms with Crippen LogP contribution in [0.3, 0.4) is 0 Å². The Hall–Kier alpha value is -0.490. The zero-order valence-corrected chi connectivity index (χ0v) is 12.8. The van der Waals surface area contributed by atoms with Gasteiger partial charge in [-0.3, -0.25) is 4.90 Å². The number of thiazole rings is 1. The number of rotatable bonds is 6. The minimum Gasteiger partial charge on any atom is -0.389 e. The predicted molar refractivity (Wildman–Crippen MR) is 75.0 cm³/mol. The standard InChI is InChI=1S/C13H24N2O2S/c1-13(2,3)12-14-10(9-18-12)6-15(4)7-11(16)8-17-5/h9,11,16H,6-8H2,1-5H3. The molecule has 0 aliphatic carbocycles. The molecule has 0 aromatic carbocycles. The van der Waals surface area contributed by atoms with E-state index in [-0.39, 0.29) is 5.41 Å². The first-order valence-electron chi connectivity index (χ1n) is 6.13. The molecular formula is C13H24N2O2S. The van der Waals surface area contributed by atoms with Gasteiger partial charge < -0.3 is 9.84 Å². The fourth-order valence-corrected chi connectivity index (χ4v) is 2.57. The lowest BCUT2D eigenvalue weighted by Gasteiger charge is -2.19. The minimum atomic E-state index is -0.444. The maximum absolute atomic E-state index is 9.65. The SMILES string of the molecule is COCC(O)CN(C)Cc1csc(C(C)(C)C)n1. The number of hydrogen-bond acceptors (Lipinski definition) is 5. The highest BCUT2D eigenvalue weighted by atomic mass is 32.1. The molecule has 0 fully saturated rings. The molecule has 1 heterocycles. The van der Waals surface area contributed by atoms with Crippen LogP contribution < -0.4 is 0 Å². The van der Waals surface area contributed by atoms with Crippen LogP contribution in [0.25, 0.3) is 0 Å². The van der Waals surface area contributed by atoms with Crippen molar-refractivity contribution >= 4 is 11.3 Å². The average Bonchev–Trinajstić information content (AvgIpc) is 2.65. The Morgan fingerprint density at radius 2 is 2.17 bits per heavy atom. The molecule has 1 N–H and O–H groups in total. The first kappa shape index (κ1) is 15.6. The number of aliphatic hydroxyl groups is 1. The Morgan fingerprint density at radius 3 is 2.67 bits per heavy atom. The highest BCUT2D eigenvalue weighted by Crippen LogP contribution is 2.25. The fraction of sp³-hybridized carbons (Fsp3) is 0.769. The molecule has 0 spiro atoms. The van der Waals surface area contributed by atoms with Crippen LogP contribution >= 0.6 is 11.3 Å². The van der Waals surface area contributed by atoms with E-state index in [1.165, 1.54) is 0 Å². The van der Waals surface area contributed by atoms with Gasteiger partial charge in [0, 0.05) is 31.0 Å². The Kier molecular flexibility index (Phi) is 5.72. The molecule has 1 unspecified atom stereocenters. The lowest BCUT2D eigenvalue weighted by atomic mass is 9.98. The van der Waals surface area contributed by atoms with Gasteiger partial charge in [0.05, 0.1) is 23.4 Å². The van der Waals surface area contributed by atoms with Crippen LogP contribution in [-0.4, -0.2) is 48.4 Å². The van der Waals surface area contributed by atoms with E-state index >= 15 is 0 Å². The lowest BCUT2D eigenvalue weighted by Crippen LogP contribution is -2.31. The molecule has 18 heavy (non-hydrogen) atoms. The summed E-state index contributed by atoms with van der Waals surface area (Å²) in [6, 6.07) is 0. The van der Waals surface area contributed by atoms with Gasteiger partial charge in [-0.2, -0.15) is 0 Å². The summed E-state index contributed by atoms with van der Waals surface area (Å²) in [6.45, 7) is 8.23. The summed E-state index contributed by atoms with van der Waals surface area (Å²) in [5.41, 5.74) is 1.17. The van der Waals surface area contributed by atoms with Crippen LogP contribution in [0, 0.1) is 0 Å². The molecule has 1 rings (SSSR count). The van der Waals surface area contributed by atoms with Crippen molar-refractivity contribution in [3.05, 3.63) is 16.1 Å². The van der Waals surface area contributed by atoms with E-state index in [4.69, 9.17) is 4.74 Å². The van der Waals surface area contributed by atoms with Crippen LogP contribution in [0.1, 0.15) is 31.5 Å². The van der Waals surface area contributed by atoms with Gasteiger partial charge in [-0.25, -0.2) is 4.98 Å². The molecule has 1 aromatic rings. The van der Waals surface area contributed by atoms with Crippen LogP contribution in [0.15, 0.2) is 5.38 Å². The highest BCUT2D eigenvalue weighted by molar-refractivity contribution is 7.09. The van der Waals surface area contributed by atoms with E-state index in [1.54, 1.807) is 18.4 Å². The van der Waals surface area contributed by atoms with Crippen molar-refractivity contribution in [3.8, 4) is 0 Å². The van der Waals surface area contributed by atoms with E-state index in [0.717, 1.165) is 17.2 Å². The number of hydrogen-bond donors (Lipinski definition) is 1. The highest BCUT2D eigenvalue weighted by Gasteiger charge is 2.18. The van der Waals surface area contributed by atoms with E-state index in [9.17, 15) is 5.11 Å². The number of nitrogens with zero attached hydrogens (tertiary/aromatic N) is 2. The lowest BCUT2D eigenvalue weighted by molar-refractivity contribution is 0.0417. The van der Waals surface area contributed by atoms with E-state index in [0.29, 0.717) is 13.2 Å². The van der Waals surface area contributed by atoms with Gasteiger partial charge in [0.15, 0.2) is 0 Å². The molecule has 4 nitrogen and oxygen atoms in total. The van der Waals surface area contributed by atoms with Crippen molar-refractivity contribution in [2.75, 3.05) is 27.3 Å².